The number of carbonyl (C=O) groups excluding carboxylic acids is 1. The number of rotatable bonds is 4. The number of benzene rings is 1. The molecule has 1 atom stereocenters. The standard InChI is InChI=1S/C18H19FN2O3/c1-11-9-24-18-16(20-11)8-14(17(21-18)10-23-12(2)22)7-13-3-5-15(19)6-4-13/h3-6,8,11,20H,7,9-10H2,1-2H3. The molecule has 6 heteroatoms. The minimum atomic E-state index is -0.366. The fraction of sp³-hybridized carbons (Fsp3) is 0.333. The molecule has 0 radical (unpaired) electrons. The molecular weight excluding hydrogens is 311 g/mol. The van der Waals surface area contributed by atoms with Crippen LogP contribution >= 0.6 is 0 Å². The number of anilines is 1. The second kappa shape index (κ2) is 6.86. The molecule has 0 saturated carbocycles. The monoisotopic (exact) mass is 330 g/mol. The van der Waals surface area contributed by atoms with Crippen LogP contribution in [0.3, 0.4) is 0 Å². The van der Waals surface area contributed by atoms with Gasteiger partial charge in [-0.25, -0.2) is 9.37 Å². The molecule has 2 heterocycles. The number of carbonyl (C=O) groups is 1. The number of esters is 1. The van der Waals surface area contributed by atoms with Crippen molar-refractivity contribution in [3.8, 4) is 5.88 Å². The van der Waals surface area contributed by atoms with Crippen molar-refractivity contribution in [3.63, 3.8) is 0 Å². The Hall–Kier alpha value is -2.63. The zero-order valence-corrected chi connectivity index (χ0v) is 13.6. The Bertz CT molecular complexity index is 747. The first kappa shape index (κ1) is 16.2. The number of ether oxygens (including phenoxy) is 2. The molecule has 2 aromatic rings. The van der Waals surface area contributed by atoms with Gasteiger partial charge in [0.05, 0.1) is 17.4 Å². The van der Waals surface area contributed by atoms with E-state index in [1.54, 1.807) is 12.1 Å². The van der Waals surface area contributed by atoms with Crippen LogP contribution in [0, 0.1) is 5.82 Å². The van der Waals surface area contributed by atoms with E-state index in [0.29, 0.717) is 24.6 Å². The van der Waals surface area contributed by atoms with E-state index < -0.39 is 0 Å². The van der Waals surface area contributed by atoms with Crippen molar-refractivity contribution in [2.75, 3.05) is 11.9 Å². The van der Waals surface area contributed by atoms with Crippen LogP contribution in [0.15, 0.2) is 30.3 Å². The number of nitrogens with one attached hydrogen (secondary N) is 1. The molecule has 5 nitrogen and oxygen atoms in total. The van der Waals surface area contributed by atoms with Gasteiger partial charge in [-0.1, -0.05) is 12.1 Å². The van der Waals surface area contributed by atoms with E-state index >= 15 is 0 Å². The first-order valence-corrected chi connectivity index (χ1v) is 7.81. The third-order valence-corrected chi connectivity index (χ3v) is 3.75. The first-order valence-electron chi connectivity index (χ1n) is 7.81. The van der Waals surface area contributed by atoms with Crippen LogP contribution in [0.1, 0.15) is 30.7 Å². The van der Waals surface area contributed by atoms with Crippen LogP contribution in [0.4, 0.5) is 10.1 Å². The fourth-order valence-electron chi connectivity index (χ4n) is 2.57. The zero-order chi connectivity index (χ0) is 17.1. The van der Waals surface area contributed by atoms with Crippen LogP contribution in [0.2, 0.25) is 0 Å². The predicted molar refractivity (Wildman–Crippen MR) is 87.5 cm³/mol. The number of pyridine rings is 1. The van der Waals surface area contributed by atoms with E-state index in [9.17, 15) is 9.18 Å². The van der Waals surface area contributed by atoms with Crippen LogP contribution in [-0.2, 0) is 22.6 Å². The van der Waals surface area contributed by atoms with Crippen LogP contribution in [0.5, 0.6) is 5.88 Å². The Labute approximate surface area is 139 Å². The summed E-state index contributed by atoms with van der Waals surface area (Å²) in [7, 11) is 0. The second-order valence-electron chi connectivity index (χ2n) is 5.89. The molecule has 1 aromatic heterocycles. The molecule has 0 amide bonds. The van der Waals surface area contributed by atoms with Crippen LogP contribution in [-0.4, -0.2) is 23.6 Å². The molecule has 1 unspecified atom stereocenters. The SMILES string of the molecule is CC(=O)OCc1nc2c(cc1Cc1ccc(F)cc1)NC(C)CO2. The Morgan fingerprint density at radius 2 is 2.17 bits per heavy atom. The minimum absolute atomic E-state index is 0.0814. The summed E-state index contributed by atoms with van der Waals surface area (Å²) in [6.07, 6.45) is 0.563. The lowest BCUT2D eigenvalue weighted by Gasteiger charge is -2.25. The van der Waals surface area contributed by atoms with Gasteiger partial charge in [-0.2, -0.15) is 0 Å². The fourth-order valence-corrected chi connectivity index (χ4v) is 2.57. The average molecular weight is 330 g/mol. The average Bonchev–Trinajstić information content (AvgIpc) is 2.55. The minimum Gasteiger partial charge on any atom is -0.474 e. The topological polar surface area (TPSA) is 60.5 Å². The Morgan fingerprint density at radius 1 is 1.42 bits per heavy atom. The summed E-state index contributed by atoms with van der Waals surface area (Å²) in [5.41, 5.74) is 3.32. The molecule has 1 aromatic carbocycles. The predicted octanol–water partition coefficient (Wildman–Crippen LogP) is 3.07. The summed E-state index contributed by atoms with van der Waals surface area (Å²) in [4.78, 5) is 15.6. The van der Waals surface area contributed by atoms with Gasteiger partial charge in [0.2, 0.25) is 5.88 Å². The summed E-state index contributed by atoms with van der Waals surface area (Å²) >= 11 is 0. The van der Waals surface area contributed by atoms with Crippen molar-refractivity contribution < 1.29 is 18.7 Å². The molecule has 0 saturated heterocycles. The van der Waals surface area contributed by atoms with Gasteiger partial charge in [0.25, 0.3) is 0 Å². The molecule has 0 fully saturated rings. The van der Waals surface area contributed by atoms with Crippen molar-refractivity contribution in [2.45, 2.75) is 32.9 Å². The van der Waals surface area contributed by atoms with Crippen molar-refractivity contribution in [1.82, 2.24) is 4.98 Å². The first-order chi connectivity index (χ1) is 11.5. The van der Waals surface area contributed by atoms with Crippen LogP contribution in [0.25, 0.3) is 0 Å². The summed E-state index contributed by atoms with van der Waals surface area (Å²) in [5, 5.41) is 3.33. The molecule has 1 N–H and O–H groups in total. The van der Waals surface area contributed by atoms with E-state index in [4.69, 9.17) is 9.47 Å². The molecule has 24 heavy (non-hydrogen) atoms. The summed E-state index contributed by atoms with van der Waals surface area (Å²) in [6.45, 7) is 4.00. The van der Waals surface area contributed by atoms with E-state index in [-0.39, 0.29) is 24.4 Å². The van der Waals surface area contributed by atoms with E-state index in [1.807, 2.05) is 13.0 Å². The number of aromatic nitrogens is 1. The Morgan fingerprint density at radius 3 is 2.88 bits per heavy atom. The lowest BCUT2D eigenvalue weighted by Crippen LogP contribution is -2.29. The lowest BCUT2D eigenvalue weighted by molar-refractivity contribution is -0.142. The maximum Gasteiger partial charge on any atom is 0.303 e. The second-order valence-corrected chi connectivity index (χ2v) is 5.89. The van der Waals surface area contributed by atoms with Gasteiger partial charge in [0.15, 0.2) is 0 Å². The third kappa shape index (κ3) is 3.82. The normalized spacial score (nSPS) is 15.9. The van der Waals surface area contributed by atoms with E-state index in [0.717, 1.165) is 16.8 Å². The van der Waals surface area contributed by atoms with E-state index in [2.05, 4.69) is 10.3 Å². The highest BCUT2D eigenvalue weighted by atomic mass is 19.1. The number of fused-ring (bicyclic) bond motifs is 1. The highest BCUT2D eigenvalue weighted by molar-refractivity contribution is 5.66. The maximum atomic E-state index is 13.1. The lowest BCUT2D eigenvalue weighted by atomic mass is 10.0. The third-order valence-electron chi connectivity index (χ3n) is 3.75. The van der Waals surface area contributed by atoms with Gasteiger partial charge in [-0.05, 0) is 42.7 Å². The number of hydrogen-bond acceptors (Lipinski definition) is 5. The van der Waals surface area contributed by atoms with Crippen molar-refractivity contribution in [2.24, 2.45) is 0 Å². The highest BCUT2D eigenvalue weighted by Crippen LogP contribution is 2.30. The van der Waals surface area contributed by atoms with E-state index in [1.165, 1.54) is 19.1 Å². The number of nitrogens with zero attached hydrogens (tertiary/aromatic N) is 1. The van der Waals surface area contributed by atoms with Gasteiger partial charge < -0.3 is 14.8 Å². The van der Waals surface area contributed by atoms with Gasteiger partial charge in [0, 0.05) is 6.92 Å². The summed E-state index contributed by atoms with van der Waals surface area (Å²) in [5.74, 6) is -0.126. The van der Waals surface area contributed by atoms with Crippen molar-refractivity contribution in [3.05, 3.63) is 53.0 Å². The highest BCUT2D eigenvalue weighted by Gasteiger charge is 2.20. The van der Waals surface area contributed by atoms with Crippen LogP contribution < -0.4 is 10.1 Å². The molecule has 126 valence electrons. The molecule has 1 aliphatic heterocycles. The molecule has 3 rings (SSSR count). The molecule has 0 spiro atoms. The van der Waals surface area contributed by atoms with Gasteiger partial charge in [-0.15, -0.1) is 0 Å². The molecule has 0 aliphatic carbocycles. The van der Waals surface area contributed by atoms with Gasteiger partial charge >= 0.3 is 5.97 Å². The number of hydrogen-bond donors (Lipinski definition) is 1. The van der Waals surface area contributed by atoms with Crippen molar-refractivity contribution in [1.29, 1.82) is 0 Å². The largest absolute Gasteiger partial charge is 0.474 e. The van der Waals surface area contributed by atoms with Gasteiger partial charge in [-0.3, -0.25) is 4.79 Å². The Balaban J connectivity index is 1.92. The van der Waals surface area contributed by atoms with Crippen molar-refractivity contribution >= 4 is 11.7 Å². The maximum absolute atomic E-state index is 13.1. The summed E-state index contributed by atoms with van der Waals surface area (Å²) < 4.78 is 23.8. The molecular formula is C18H19FN2O3. The zero-order valence-electron chi connectivity index (χ0n) is 13.6. The smallest absolute Gasteiger partial charge is 0.303 e. The Kier molecular flexibility index (Phi) is 4.64. The molecule has 0 bridgehead atoms. The molecule has 1 aliphatic rings. The number of halogens is 1. The van der Waals surface area contributed by atoms with Gasteiger partial charge in [0.1, 0.15) is 19.0 Å². The summed E-state index contributed by atoms with van der Waals surface area (Å²) in [6, 6.07) is 8.47. The quantitative estimate of drug-likeness (QED) is 0.873.